The quantitative estimate of drug-likeness (QED) is 0.378. The smallest absolute Gasteiger partial charge is 0.134 e. The van der Waals surface area contributed by atoms with Crippen molar-refractivity contribution in [1.82, 2.24) is 9.88 Å². The van der Waals surface area contributed by atoms with Gasteiger partial charge in [-0.25, -0.2) is 4.98 Å². The fraction of sp³-hybridized carbons (Fsp3) is 0.654. The van der Waals surface area contributed by atoms with Gasteiger partial charge in [0.15, 0.2) is 0 Å². The van der Waals surface area contributed by atoms with E-state index in [9.17, 15) is 5.26 Å². The Morgan fingerprint density at radius 3 is 2.55 bits per heavy atom. The minimum atomic E-state index is -0.0375. The van der Waals surface area contributed by atoms with Crippen LogP contribution in [0.3, 0.4) is 0 Å². The molecule has 2 aliphatic heterocycles. The number of hydrogen-bond donors (Lipinski definition) is 2. The van der Waals surface area contributed by atoms with Crippen molar-refractivity contribution in [1.29, 1.82) is 5.26 Å². The average molecular weight is 454 g/mol. The number of allylic oxidation sites excluding steroid dienone is 1. The summed E-state index contributed by atoms with van der Waals surface area (Å²) in [4.78, 5) is 14.1. The van der Waals surface area contributed by atoms with Crippen LogP contribution in [0, 0.1) is 11.3 Å². The van der Waals surface area contributed by atoms with Crippen molar-refractivity contribution in [2.75, 3.05) is 50.5 Å². The molecule has 2 aliphatic rings. The number of rotatable bonds is 6. The number of aliphatic imine (C=N–C) groups is 1. The molecule has 3 heterocycles. The molecule has 33 heavy (non-hydrogen) atoms. The van der Waals surface area contributed by atoms with Crippen LogP contribution in [0.15, 0.2) is 28.8 Å². The Morgan fingerprint density at radius 2 is 2.03 bits per heavy atom. The SMILES string of the molecule is CC.CC/C(C#N)=C\C(=NC)Nc1cc(C2(CN)CCN(C)CC2)cc(N2CCCC2C)n1. The van der Waals surface area contributed by atoms with Crippen LogP contribution < -0.4 is 16.0 Å². The third-order valence-corrected chi connectivity index (χ3v) is 6.94. The van der Waals surface area contributed by atoms with Gasteiger partial charge in [-0.2, -0.15) is 5.26 Å². The number of hydrogen-bond acceptors (Lipinski definition) is 6. The van der Waals surface area contributed by atoms with Gasteiger partial charge in [0.1, 0.15) is 17.5 Å². The third-order valence-electron chi connectivity index (χ3n) is 6.94. The van der Waals surface area contributed by atoms with E-state index >= 15 is 0 Å². The number of piperidine rings is 1. The summed E-state index contributed by atoms with van der Waals surface area (Å²) >= 11 is 0. The minimum Gasteiger partial charge on any atom is -0.354 e. The van der Waals surface area contributed by atoms with Crippen LogP contribution in [0.2, 0.25) is 0 Å². The van der Waals surface area contributed by atoms with E-state index in [4.69, 9.17) is 10.7 Å². The van der Waals surface area contributed by atoms with Gasteiger partial charge in [0.25, 0.3) is 0 Å². The molecule has 0 aliphatic carbocycles. The Hall–Kier alpha value is -2.43. The molecule has 0 radical (unpaired) electrons. The standard InChI is InChI=1S/C24H37N7.C2H6/c1-5-19(16-25)13-21(27-3)28-22-14-20(24(17-26)8-11-30(4)12-9-24)15-23(29-22)31-10-6-7-18(31)2;1-2/h13-15,18H,5-12,17,26H2,1-4H3,(H,27,28,29);1-2H3/b19-13+;. The van der Waals surface area contributed by atoms with Crippen molar-refractivity contribution in [3.63, 3.8) is 0 Å². The molecule has 7 heteroatoms. The molecule has 2 fully saturated rings. The molecule has 0 aromatic carbocycles. The monoisotopic (exact) mass is 453 g/mol. The first kappa shape index (κ1) is 26.8. The second kappa shape index (κ2) is 12.7. The predicted octanol–water partition coefficient (Wildman–Crippen LogP) is 4.32. The van der Waals surface area contributed by atoms with Crippen molar-refractivity contribution in [2.24, 2.45) is 10.7 Å². The molecule has 0 spiro atoms. The zero-order valence-electron chi connectivity index (χ0n) is 21.5. The Morgan fingerprint density at radius 1 is 1.33 bits per heavy atom. The molecule has 0 bridgehead atoms. The lowest BCUT2D eigenvalue weighted by Gasteiger charge is -2.41. The molecular weight excluding hydrogens is 410 g/mol. The highest BCUT2D eigenvalue weighted by molar-refractivity contribution is 6.04. The summed E-state index contributed by atoms with van der Waals surface area (Å²) < 4.78 is 0. The van der Waals surface area contributed by atoms with Crippen LogP contribution in [0.1, 0.15) is 65.4 Å². The highest BCUT2D eigenvalue weighted by Crippen LogP contribution is 2.38. The molecule has 2 saturated heterocycles. The summed E-state index contributed by atoms with van der Waals surface area (Å²) in [5.74, 6) is 2.42. The van der Waals surface area contributed by atoms with E-state index in [1.807, 2.05) is 20.8 Å². The van der Waals surface area contributed by atoms with Crippen LogP contribution in [-0.2, 0) is 5.41 Å². The maximum absolute atomic E-state index is 9.31. The van der Waals surface area contributed by atoms with Crippen LogP contribution >= 0.6 is 0 Å². The van der Waals surface area contributed by atoms with Crippen molar-refractivity contribution in [3.05, 3.63) is 29.3 Å². The molecule has 1 unspecified atom stereocenters. The Balaban J connectivity index is 0.00000187. The Kier molecular flexibility index (Phi) is 10.3. The molecule has 1 atom stereocenters. The Labute approximate surface area is 200 Å². The van der Waals surface area contributed by atoms with Crippen LogP contribution in [0.5, 0.6) is 0 Å². The number of amidine groups is 1. The van der Waals surface area contributed by atoms with Gasteiger partial charge in [-0.1, -0.05) is 20.8 Å². The average Bonchev–Trinajstić information content (AvgIpc) is 3.29. The molecule has 0 amide bonds. The van der Waals surface area contributed by atoms with Crippen LogP contribution in [-0.4, -0.2) is 62.0 Å². The fourth-order valence-electron chi connectivity index (χ4n) is 4.63. The van der Waals surface area contributed by atoms with Gasteiger partial charge in [-0.05, 0) is 82.9 Å². The summed E-state index contributed by atoms with van der Waals surface area (Å²) in [6.07, 6.45) is 6.94. The van der Waals surface area contributed by atoms with E-state index in [1.54, 1.807) is 13.1 Å². The van der Waals surface area contributed by atoms with E-state index in [1.165, 1.54) is 18.4 Å². The van der Waals surface area contributed by atoms with Crippen molar-refractivity contribution in [2.45, 2.75) is 71.3 Å². The van der Waals surface area contributed by atoms with E-state index < -0.39 is 0 Å². The molecular formula is C26H43N7. The number of nitrogens with one attached hydrogen (secondary N) is 1. The molecule has 1 aromatic heterocycles. The number of nitrogens with zero attached hydrogens (tertiary/aromatic N) is 5. The first-order valence-corrected chi connectivity index (χ1v) is 12.5. The van der Waals surface area contributed by atoms with E-state index in [0.29, 0.717) is 30.4 Å². The third kappa shape index (κ3) is 6.55. The summed E-state index contributed by atoms with van der Waals surface area (Å²) in [5, 5.41) is 12.7. The normalized spacial score (nSPS) is 21.3. The summed E-state index contributed by atoms with van der Waals surface area (Å²) in [5.41, 5.74) is 8.29. The minimum absolute atomic E-state index is 0.0375. The van der Waals surface area contributed by atoms with Gasteiger partial charge >= 0.3 is 0 Å². The van der Waals surface area contributed by atoms with E-state index in [-0.39, 0.29) is 5.41 Å². The number of likely N-dealkylation sites (tertiary alicyclic amines) is 1. The summed E-state index contributed by atoms with van der Waals surface area (Å²) in [7, 11) is 3.91. The number of aromatic nitrogens is 1. The molecule has 1 aromatic rings. The van der Waals surface area contributed by atoms with Crippen LogP contribution in [0.25, 0.3) is 0 Å². The van der Waals surface area contributed by atoms with Gasteiger partial charge in [0.2, 0.25) is 0 Å². The van der Waals surface area contributed by atoms with Crippen molar-refractivity contribution < 1.29 is 0 Å². The van der Waals surface area contributed by atoms with E-state index in [0.717, 1.165) is 44.1 Å². The number of nitrogens with two attached hydrogens (primary N) is 1. The first-order valence-electron chi connectivity index (χ1n) is 12.5. The van der Waals surface area contributed by atoms with Crippen LogP contribution in [0.4, 0.5) is 11.6 Å². The molecule has 0 saturated carbocycles. The lowest BCUT2D eigenvalue weighted by Crippen LogP contribution is -2.45. The van der Waals surface area contributed by atoms with Gasteiger partial charge < -0.3 is 20.9 Å². The van der Waals surface area contributed by atoms with E-state index in [2.05, 4.69) is 52.3 Å². The number of anilines is 2. The van der Waals surface area contributed by atoms with Crippen molar-refractivity contribution >= 4 is 17.5 Å². The zero-order chi connectivity index (χ0) is 24.4. The predicted molar refractivity (Wildman–Crippen MR) is 140 cm³/mol. The summed E-state index contributed by atoms with van der Waals surface area (Å²) in [6.45, 7) is 12.0. The highest BCUT2D eigenvalue weighted by Gasteiger charge is 2.35. The maximum atomic E-state index is 9.31. The second-order valence-corrected chi connectivity index (χ2v) is 8.94. The van der Waals surface area contributed by atoms with Gasteiger partial charge in [0.05, 0.1) is 6.07 Å². The fourth-order valence-corrected chi connectivity index (χ4v) is 4.63. The molecule has 182 valence electrons. The molecule has 7 nitrogen and oxygen atoms in total. The lowest BCUT2D eigenvalue weighted by molar-refractivity contribution is 0.191. The van der Waals surface area contributed by atoms with Gasteiger partial charge in [-0.3, -0.25) is 4.99 Å². The highest BCUT2D eigenvalue weighted by atomic mass is 15.2. The Bertz CT molecular complexity index is 860. The van der Waals surface area contributed by atoms with Gasteiger partial charge in [0, 0.05) is 37.2 Å². The zero-order valence-corrected chi connectivity index (χ0v) is 21.5. The number of nitriles is 1. The molecule has 3 N–H and O–H groups in total. The largest absolute Gasteiger partial charge is 0.354 e. The molecule has 3 rings (SSSR count). The topological polar surface area (TPSA) is 93.6 Å². The van der Waals surface area contributed by atoms with Crippen molar-refractivity contribution in [3.8, 4) is 6.07 Å². The maximum Gasteiger partial charge on any atom is 0.134 e. The second-order valence-electron chi connectivity index (χ2n) is 8.94. The summed E-state index contributed by atoms with van der Waals surface area (Å²) in [6, 6.07) is 7.11. The first-order chi connectivity index (χ1) is 15.9. The van der Waals surface area contributed by atoms with Gasteiger partial charge in [-0.15, -0.1) is 0 Å². The lowest BCUT2D eigenvalue weighted by atomic mass is 9.73. The number of pyridine rings is 1.